The lowest BCUT2D eigenvalue weighted by molar-refractivity contribution is 0.482. The smallest absolute Gasteiger partial charge is 0.203 e. The number of nitrogens with zero attached hydrogens (tertiary/aromatic N) is 2. The second-order valence-corrected chi connectivity index (χ2v) is 6.62. The van der Waals surface area contributed by atoms with Crippen molar-refractivity contribution in [2.45, 2.75) is 0 Å². The van der Waals surface area contributed by atoms with Crippen LogP contribution in [0, 0.1) is 0 Å². The normalized spacial score (nSPS) is 10.8. The molecule has 0 bridgehead atoms. The zero-order chi connectivity index (χ0) is 18.3. The maximum Gasteiger partial charge on any atom is 0.203 e. The van der Waals surface area contributed by atoms with E-state index in [1.807, 2.05) is 90.3 Å². The van der Waals surface area contributed by atoms with Crippen molar-refractivity contribution in [3.8, 4) is 22.8 Å². The van der Waals surface area contributed by atoms with Crippen LogP contribution in [0.2, 0.25) is 0 Å². The van der Waals surface area contributed by atoms with Gasteiger partial charge in [-0.15, -0.1) is 11.3 Å². The molecule has 0 radical (unpaired) electrons. The number of hydrogen-bond donors (Lipinski definition) is 1. The highest BCUT2D eigenvalue weighted by molar-refractivity contribution is 7.14. The Morgan fingerprint density at radius 1 is 0.852 bits per heavy atom. The lowest BCUT2D eigenvalue weighted by Crippen LogP contribution is -1.91. The Hall–Kier alpha value is -3.44. The molecule has 132 valence electrons. The van der Waals surface area contributed by atoms with Crippen LogP contribution in [0.4, 0.5) is 5.13 Å². The number of ether oxygens (including phenoxy) is 1. The predicted octanol–water partition coefficient (Wildman–Crippen LogP) is 6.05. The molecule has 4 rings (SSSR count). The molecule has 5 heteroatoms. The molecule has 0 atom stereocenters. The number of hydrazone groups is 1. The fraction of sp³-hybridized carbons (Fsp3) is 0. The summed E-state index contributed by atoms with van der Waals surface area (Å²) < 4.78 is 5.84. The molecule has 3 aromatic carbocycles. The average Bonchev–Trinajstić information content (AvgIpc) is 3.19. The highest BCUT2D eigenvalue weighted by Crippen LogP contribution is 2.25. The van der Waals surface area contributed by atoms with E-state index in [4.69, 9.17) is 4.74 Å². The molecule has 1 N–H and O–H groups in total. The Morgan fingerprint density at radius 3 is 2.41 bits per heavy atom. The minimum atomic E-state index is 0.752. The molecule has 0 saturated carbocycles. The summed E-state index contributed by atoms with van der Waals surface area (Å²) >= 11 is 1.52. The first-order valence-corrected chi connectivity index (χ1v) is 9.38. The van der Waals surface area contributed by atoms with E-state index in [2.05, 4.69) is 15.5 Å². The average molecular weight is 371 g/mol. The highest BCUT2D eigenvalue weighted by Gasteiger charge is 2.03. The number of thiazole rings is 1. The quantitative estimate of drug-likeness (QED) is 0.331. The molecule has 4 aromatic rings. The van der Waals surface area contributed by atoms with Crippen LogP contribution in [0.15, 0.2) is 95.4 Å². The van der Waals surface area contributed by atoms with Crippen LogP contribution in [0.1, 0.15) is 5.56 Å². The summed E-state index contributed by atoms with van der Waals surface area (Å²) in [6, 6.07) is 27.6. The van der Waals surface area contributed by atoms with Gasteiger partial charge in [-0.3, -0.25) is 5.43 Å². The molecule has 0 fully saturated rings. The van der Waals surface area contributed by atoms with Crippen LogP contribution in [0.5, 0.6) is 11.5 Å². The first-order valence-electron chi connectivity index (χ1n) is 8.50. The van der Waals surface area contributed by atoms with Crippen molar-refractivity contribution >= 4 is 22.7 Å². The molecule has 0 aliphatic carbocycles. The molecule has 0 aliphatic heterocycles. The molecular weight excluding hydrogens is 354 g/mol. The van der Waals surface area contributed by atoms with Crippen molar-refractivity contribution in [1.29, 1.82) is 0 Å². The summed E-state index contributed by atoms with van der Waals surface area (Å²) in [7, 11) is 0. The van der Waals surface area contributed by atoms with E-state index in [9.17, 15) is 0 Å². The number of para-hydroxylation sites is 1. The number of rotatable bonds is 6. The van der Waals surface area contributed by atoms with Crippen molar-refractivity contribution in [3.05, 3.63) is 95.9 Å². The fourth-order valence-electron chi connectivity index (χ4n) is 2.51. The number of hydrogen-bond acceptors (Lipinski definition) is 5. The fourth-order valence-corrected chi connectivity index (χ4v) is 3.18. The summed E-state index contributed by atoms with van der Waals surface area (Å²) in [5.41, 5.74) is 5.96. The van der Waals surface area contributed by atoms with Crippen LogP contribution in [0.3, 0.4) is 0 Å². The van der Waals surface area contributed by atoms with Gasteiger partial charge in [0.25, 0.3) is 0 Å². The van der Waals surface area contributed by atoms with Crippen LogP contribution in [-0.4, -0.2) is 11.2 Å². The van der Waals surface area contributed by atoms with E-state index in [0.29, 0.717) is 0 Å². The van der Waals surface area contributed by atoms with Crippen LogP contribution in [-0.2, 0) is 0 Å². The van der Waals surface area contributed by atoms with E-state index >= 15 is 0 Å². The van der Waals surface area contributed by atoms with Crippen LogP contribution < -0.4 is 10.2 Å². The van der Waals surface area contributed by atoms with Gasteiger partial charge in [-0.25, -0.2) is 4.98 Å². The molecule has 0 amide bonds. The minimum Gasteiger partial charge on any atom is -0.457 e. The Labute approximate surface area is 161 Å². The standard InChI is InChI=1S/C22H17N3OS/c1-3-9-18(10-4-1)21-16-27-22(24-21)25-23-15-17-8-7-13-20(14-17)26-19-11-5-2-6-12-19/h1-16H,(H,24,25). The van der Waals surface area contributed by atoms with Gasteiger partial charge in [-0.1, -0.05) is 60.7 Å². The molecule has 4 nitrogen and oxygen atoms in total. The largest absolute Gasteiger partial charge is 0.457 e. The molecule has 1 aromatic heterocycles. The molecular formula is C22H17N3OS. The number of benzene rings is 3. The van der Waals surface area contributed by atoms with Gasteiger partial charge in [0.15, 0.2) is 0 Å². The van der Waals surface area contributed by atoms with Gasteiger partial charge in [0.2, 0.25) is 5.13 Å². The minimum absolute atomic E-state index is 0.752. The first kappa shape index (κ1) is 17.0. The van der Waals surface area contributed by atoms with Gasteiger partial charge in [0.05, 0.1) is 11.9 Å². The summed E-state index contributed by atoms with van der Waals surface area (Å²) in [6.45, 7) is 0. The summed E-state index contributed by atoms with van der Waals surface area (Å²) in [4.78, 5) is 4.55. The summed E-state index contributed by atoms with van der Waals surface area (Å²) in [6.07, 6.45) is 1.75. The van der Waals surface area contributed by atoms with E-state index in [1.54, 1.807) is 6.21 Å². The van der Waals surface area contributed by atoms with Crippen LogP contribution in [0.25, 0.3) is 11.3 Å². The van der Waals surface area contributed by atoms with Crippen molar-refractivity contribution in [1.82, 2.24) is 4.98 Å². The number of nitrogens with one attached hydrogen (secondary N) is 1. The molecule has 0 saturated heterocycles. The molecule has 27 heavy (non-hydrogen) atoms. The summed E-state index contributed by atoms with van der Waals surface area (Å²) in [5.74, 6) is 1.58. The van der Waals surface area contributed by atoms with Gasteiger partial charge >= 0.3 is 0 Å². The van der Waals surface area contributed by atoms with E-state index in [0.717, 1.165) is 33.5 Å². The molecule has 0 spiro atoms. The topological polar surface area (TPSA) is 46.5 Å². The van der Waals surface area contributed by atoms with E-state index in [-0.39, 0.29) is 0 Å². The van der Waals surface area contributed by atoms with Crippen molar-refractivity contribution in [2.24, 2.45) is 5.10 Å². The SMILES string of the molecule is C(=NNc1nc(-c2ccccc2)cs1)c1cccc(Oc2ccccc2)c1. The Balaban J connectivity index is 1.40. The van der Waals surface area contributed by atoms with Gasteiger partial charge in [-0.05, 0) is 29.8 Å². The molecule has 1 heterocycles. The Morgan fingerprint density at radius 2 is 1.59 bits per heavy atom. The second kappa shape index (κ2) is 8.29. The zero-order valence-corrected chi connectivity index (χ0v) is 15.3. The predicted molar refractivity (Wildman–Crippen MR) is 112 cm³/mol. The molecule has 0 unspecified atom stereocenters. The van der Waals surface area contributed by atoms with Crippen molar-refractivity contribution < 1.29 is 4.74 Å². The third kappa shape index (κ3) is 4.59. The lowest BCUT2D eigenvalue weighted by atomic mass is 10.2. The van der Waals surface area contributed by atoms with Crippen molar-refractivity contribution in [2.75, 3.05) is 5.43 Å². The van der Waals surface area contributed by atoms with Crippen molar-refractivity contribution in [3.63, 3.8) is 0 Å². The zero-order valence-electron chi connectivity index (χ0n) is 14.4. The Kier molecular flexibility index (Phi) is 5.22. The third-order valence-corrected chi connectivity index (χ3v) is 4.53. The van der Waals surface area contributed by atoms with E-state index < -0.39 is 0 Å². The van der Waals surface area contributed by atoms with Gasteiger partial charge in [-0.2, -0.15) is 5.10 Å². The monoisotopic (exact) mass is 371 g/mol. The highest BCUT2D eigenvalue weighted by atomic mass is 32.1. The number of anilines is 1. The van der Waals surface area contributed by atoms with Crippen LogP contribution >= 0.6 is 11.3 Å². The maximum atomic E-state index is 5.84. The molecule has 0 aliphatic rings. The van der Waals surface area contributed by atoms with Gasteiger partial charge in [0, 0.05) is 10.9 Å². The van der Waals surface area contributed by atoms with E-state index in [1.165, 1.54) is 11.3 Å². The first-order chi connectivity index (χ1) is 13.4. The van der Waals surface area contributed by atoms with Gasteiger partial charge in [0.1, 0.15) is 11.5 Å². The maximum absolute atomic E-state index is 5.84. The van der Waals surface area contributed by atoms with Gasteiger partial charge < -0.3 is 4.74 Å². The second-order valence-electron chi connectivity index (χ2n) is 5.76. The number of aromatic nitrogens is 1. The summed E-state index contributed by atoms with van der Waals surface area (Å²) in [5, 5.41) is 7.05. The Bertz CT molecular complexity index is 1030. The third-order valence-electron chi connectivity index (χ3n) is 3.78. The lowest BCUT2D eigenvalue weighted by Gasteiger charge is -2.05.